The zero-order valence-corrected chi connectivity index (χ0v) is 38.0. The van der Waals surface area contributed by atoms with Crippen molar-refractivity contribution in [3.8, 4) is 0 Å². The zero-order chi connectivity index (χ0) is 46.8. The van der Waals surface area contributed by atoms with Gasteiger partial charge in [0.1, 0.15) is 55.4 Å². The van der Waals surface area contributed by atoms with Gasteiger partial charge in [0.2, 0.25) is 0 Å². The van der Waals surface area contributed by atoms with Crippen LogP contribution in [0.25, 0.3) is 0 Å². The summed E-state index contributed by atoms with van der Waals surface area (Å²) < 4.78 is 33.3. The second-order valence-electron chi connectivity index (χ2n) is 16.0. The second-order valence-corrected chi connectivity index (χ2v) is 16.0. The third-order valence-corrected chi connectivity index (χ3v) is 10.5. The molecule has 11 atom stereocenters. The number of aliphatic hydroxyl groups is 7. The number of hydrogen-bond acceptors (Lipinski definition) is 15. The molecule has 0 aliphatic carbocycles. The van der Waals surface area contributed by atoms with Crippen LogP contribution in [0.4, 0.5) is 0 Å². The Labute approximate surface area is 380 Å². The van der Waals surface area contributed by atoms with Gasteiger partial charge in [0.15, 0.2) is 18.7 Å². The van der Waals surface area contributed by atoms with Gasteiger partial charge in [-0.2, -0.15) is 0 Å². The molecule has 0 amide bonds. The van der Waals surface area contributed by atoms with Crippen molar-refractivity contribution >= 4 is 11.9 Å². The minimum atomic E-state index is -1.78. The number of ether oxygens (including phenoxy) is 6. The number of allylic oxidation sites excluding steroid dienone is 14. The van der Waals surface area contributed by atoms with Gasteiger partial charge in [0.05, 0.1) is 19.8 Å². The fourth-order valence-corrected chi connectivity index (χ4v) is 6.64. The Morgan fingerprint density at radius 2 is 1.08 bits per heavy atom. The van der Waals surface area contributed by atoms with Gasteiger partial charge in [-0.3, -0.25) is 9.59 Å². The summed E-state index contributed by atoms with van der Waals surface area (Å²) in [6, 6.07) is 0. The van der Waals surface area contributed by atoms with Crippen LogP contribution in [0, 0.1) is 0 Å². The first-order valence-electron chi connectivity index (χ1n) is 23.2. The van der Waals surface area contributed by atoms with Crippen molar-refractivity contribution in [1.29, 1.82) is 0 Å². The summed E-state index contributed by atoms with van der Waals surface area (Å²) in [6.45, 7) is 2.29. The Morgan fingerprint density at radius 3 is 1.73 bits per heavy atom. The standard InChI is InChI=1S/C49H78O15/c1-3-5-7-9-11-13-15-17-18-20-21-23-25-27-29-31-40(51)59-34-37(62-41(52)32-30-28-26-24-22-19-16-14-12-10-8-6-4-2)35-60-48-47(58)45(56)43(54)39(64-48)36-61-49-46(57)44(55)42(53)38(33-50)63-49/h5,7,9,11,13,15,17-22,26,28,37-39,42-50,53-58H,3-4,6,8,10,12,14,16,23-25,27,29-36H2,1-2H3/b7-5+,11-9+,15-13+,18-17+,21-20+,22-19+,28-26+/t37?,38-,39-,42+,43+,44?,45?,46?,47?,48-,49-/m1/s1. The molecule has 364 valence electrons. The average molecular weight is 907 g/mol. The van der Waals surface area contributed by atoms with Crippen molar-refractivity contribution in [2.24, 2.45) is 0 Å². The van der Waals surface area contributed by atoms with Gasteiger partial charge in [0, 0.05) is 12.8 Å². The number of rotatable bonds is 33. The molecule has 64 heavy (non-hydrogen) atoms. The van der Waals surface area contributed by atoms with Gasteiger partial charge < -0.3 is 64.2 Å². The van der Waals surface area contributed by atoms with Crippen molar-refractivity contribution in [3.63, 3.8) is 0 Å². The van der Waals surface area contributed by atoms with Crippen LogP contribution in [0.3, 0.4) is 0 Å². The van der Waals surface area contributed by atoms with Crippen molar-refractivity contribution < 1.29 is 73.8 Å². The molecule has 2 rings (SSSR count). The van der Waals surface area contributed by atoms with Crippen LogP contribution in [0.2, 0.25) is 0 Å². The minimum Gasteiger partial charge on any atom is -0.462 e. The summed E-state index contributed by atoms with van der Waals surface area (Å²) >= 11 is 0. The molecule has 15 nitrogen and oxygen atoms in total. The molecule has 0 radical (unpaired) electrons. The molecular formula is C49H78O15. The van der Waals surface area contributed by atoms with Crippen molar-refractivity contribution in [1.82, 2.24) is 0 Å². The SMILES string of the molecule is CC/C=C/C=C/C=C/C=C/C=C/CCCCCC(=O)OCC(CO[C@@H]1O[C@H](CO[C@@H]2O[C@H](CO)[C@H](O)C(O)C2O)[C@H](O)C(O)C1O)OC(=O)CC/C=C/C/C=C/CCCCCCCC. The van der Waals surface area contributed by atoms with Gasteiger partial charge in [0.25, 0.3) is 0 Å². The first-order chi connectivity index (χ1) is 31.0. The summed E-state index contributed by atoms with van der Waals surface area (Å²) in [4.78, 5) is 25.6. The highest BCUT2D eigenvalue weighted by atomic mass is 16.7. The number of carbonyl (C=O) groups excluding carboxylic acids is 2. The van der Waals surface area contributed by atoms with E-state index in [1.807, 2.05) is 60.8 Å². The molecule has 0 aromatic carbocycles. The van der Waals surface area contributed by atoms with E-state index in [1.165, 1.54) is 38.5 Å². The maximum atomic E-state index is 12.9. The molecule has 7 N–H and O–H groups in total. The van der Waals surface area contributed by atoms with Gasteiger partial charge in [-0.15, -0.1) is 0 Å². The summed E-state index contributed by atoms with van der Waals surface area (Å²) in [5, 5.41) is 71.9. The van der Waals surface area contributed by atoms with E-state index in [2.05, 4.69) is 38.2 Å². The normalized spacial score (nSPS) is 27.4. The molecule has 2 aliphatic heterocycles. The molecule has 15 heteroatoms. The highest BCUT2D eigenvalue weighted by Crippen LogP contribution is 2.26. The van der Waals surface area contributed by atoms with E-state index in [9.17, 15) is 45.3 Å². The third kappa shape index (κ3) is 24.3. The maximum absolute atomic E-state index is 12.9. The Balaban J connectivity index is 1.90. The van der Waals surface area contributed by atoms with Crippen molar-refractivity contribution in [2.75, 3.05) is 26.4 Å². The lowest BCUT2D eigenvalue weighted by molar-refractivity contribution is -0.332. The Bertz CT molecular complexity index is 1440. The fourth-order valence-electron chi connectivity index (χ4n) is 6.64. The van der Waals surface area contributed by atoms with E-state index >= 15 is 0 Å². The quantitative estimate of drug-likeness (QED) is 0.0193. The van der Waals surface area contributed by atoms with E-state index in [0.717, 1.165) is 38.5 Å². The van der Waals surface area contributed by atoms with Gasteiger partial charge in [-0.25, -0.2) is 0 Å². The topological polar surface area (TPSA) is 231 Å². The Hall–Kier alpha value is -3.32. The van der Waals surface area contributed by atoms with Crippen LogP contribution in [-0.2, 0) is 38.0 Å². The number of hydrogen-bond donors (Lipinski definition) is 7. The van der Waals surface area contributed by atoms with E-state index in [0.29, 0.717) is 12.8 Å². The highest BCUT2D eigenvalue weighted by molar-refractivity contribution is 5.70. The largest absolute Gasteiger partial charge is 0.462 e. The van der Waals surface area contributed by atoms with Crippen LogP contribution in [0.5, 0.6) is 0 Å². The number of unbranched alkanes of at least 4 members (excludes halogenated alkanes) is 9. The van der Waals surface area contributed by atoms with Crippen LogP contribution in [0.15, 0.2) is 85.1 Å². The third-order valence-electron chi connectivity index (χ3n) is 10.5. The van der Waals surface area contributed by atoms with Crippen molar-refractivity contribution in [3.05, 3.63) is 85.1 Å². The molecule has 0 aromatic heterocycles. The number of aliphatic hydroxyl groups excluding tert-OH is 7. The molecule has 0 spiro atoms. The number of carbonyl (C=O) groups is 2. The van der Waals surface area contributed by atoms with E-state index < -0.39 is 99.3 Å². The summed E-state index contributed by atoms with van der Waals surface area (Å²) in [6.07, 6.45) is 25.0. The molecular weight excluding hydrogens is 829 g/mol. The molecule has 2 aliphatic rings. The average Bonchev–Trinajstić information content (AvgIpc) is 3.29. The lowest BCUT2D eigenvalue weighted by Crippen LogP contribution is -2.61. The number of esters is 2. The molecule has 0 bridgehead atoms. The fraction of sp³-hybridized carbons (Fsp3) is 0.673. The molecule has 2 fully saturated rings. The Morgan fingerprint density at radius 1 is 0.531 bits per heavy atom. The van der Waals surface area contributed by atoms with Gasteiger partial charge >= 0.3 is 11.9 Å². The molecule has 0 aromatic rings. The second kappa shape index (κ2) is 35.9. The van der Waals surface area contributed by atoms with E-state index in [4.69, 9.17) is 28.4 Å². The van der Waals surface area contributed by atoms with Gasteiger partial charge in [-0.05, 0) is 51.4 Å². The molecule has 2 saturated heterocycles. The monoisotopic (exact) mass is 907 g/mol. The molecule has 5 unspecified atom stereocenters. The smallest absolute Gasteiger partial charge is 0.306 e. The lowest BCUT2D eigenvalue weighted by Gasteiger charge is -2.42. The first kappa shape index (κ1) is 56.8. The van der Waals surface area contributed by atoms with Crippen LogP contribution in [0.1, 0.15) is 117 Å². The summed E-state index contributed by atoms with van der Waals surface area (Å²) in [7, 11) is 0. The van der Waals surface area contributed by atoms with Crippen LogP contribution >= 0.6 is 0 Å². The predicted octanol–water partition coefficient (Wildman–Crippen LogP) is 5.26. The Kier molecular flexibility index (Phi) is 31.8. The lowest BCUT2D eigenvalue weighted by atomic mass is 9.98. The molecule has 0 saturated carbocycles. The molecule has 2 heterocycles. The predicted molar refractivity (Wildman–Crippen MR) is 242 cm³/mol. The first-order valence-corrected chi connectivity index (χ1v) is 23.2. The van der Waals surface area contributed by atoms with Crippen LogP contribution < -0.4 is 0 Å². The maximum Gasteiger partial charge on any atom is 0.306 e. The highest BCUT2D eigenvalue weighted by Gasteiger charge is 2.47. The summed E-state index contributed by atoms with van der Waals surface area (Å²) in [5.41, 5.74) is 0. The summed E-state index contributed by atoms with van der Waals surface area (Å²) in [5.74, 6) is -1.06. The van der Waals surface area contributed by atoms with Gasteiger partial charge in [-0.1, -0.05) is 137 Å². The van der Waals surface area contributed by atoms with Crippen molar-refractivity contribution in [2.45, 2.75) is 184 Å². The van der Waals surface area contributed by atoms with E-state index in [1.54, 1.807) is 0 Å². The van der Waals surface area contributed by atoms with E-state index in [-0.39, 0.29) is 19.4 Å². The minimum absolute atomic E-state index is 0.0441. The zero-order valence-electron chi connectivity index (χ0n) is 38.0. The van der Waals surface area contributed by atoms with Crippen LogP contribution in [-0.4, -0.2) is 142 Å².